The molecule has 0 bridgehead atoms. The Labute approximate surface area is 156 Å². The van der Waals surface area contributed by atoms with Gasteiger partial charge in [-0.05, 0) is 26.0 Å². The number of thiazole rings is 1. The van der Waals surface area contributed by atoms with Crippen LogP contribution < -0.4 is 10.2 Å². The molecule has 0 saturated heterocycles. The first-order chi connectivity index (χ1) is 12.5. The molecule has 0 unspecified atom stereocenters. The van der Waals surface area contributed by atoms with Crippen molar-refractivity contribution in [3.05, 3.63) is 51.9 Å². The third kappa shape index (κ3) is 3.85. The summed E-state index contributed by atoms with van der Waals surface area (Å²) in [7, 11) is 3.72. The van der Waals surface area contributed by atoms with Crippen LogP contribution >= 0.6 is 11.3 Å². The zero-order valence-corrected chi connectivity index (χ0v) is 16.0. The molecule has 0 atom stereocenters. The van der Waals surface area contributed by atoms with Crippen LogP contribution in [0.1, 0.15) is 25.9 Å². The Morgan fingerprint density at radius 3 is 2.54 bits per heavy atom. The van der Waals surface area contributed by atoms with Crippen molar-refractivity contribution in [2.75, 3.05) is 19.0 Å². The van der Waals surface area contributed by atoms with Gasteiger partial charge in [-0.25, -0.2) is 15.0 Å². The minimum absolute atomic E-state index is 0.229. The van der Waals surface area contributed by atoms with E-state index < -0.39 is 0 Å². The molecular weight excluding hydrogens is 348 g/mol. The highest BCUT2D eigenvalue weighted by atomic mass is 32.1. The monoisotopic (exact) mass is 368 g/mol. The Morgan fingerprint density at radius 2 is 1.92 bits per heavy atom. The topological polar surface area (TPSA) is 83.9 Å². The van der Waals surface area contributed by atoms with E-state index in [0.717, 1.165) is 21.1 Å². The summed E-state index contributed by atoms with van der Waals surface area (Å²) in [5.41, 5.74) is 2.81. The maximum atomic E-state index is 12.7. The van der Waals surface area contributed by atoms with E-state index in [4.69, 9.17) is 0 Å². The van der Waals surface area contributed by atoms with Crippen molar-refractivity contribution in [3.8, 4) is 11.3 Å². The van der Waals surface area contributed by atoms with Gasteiger partial charge in [-0.3, -0.25) is 9.78 Å². The number of pyridine rings is 1. The molecule has 134 valence electrons. The Morgan fingerprint density at radius 1 is 1.19 bits per heavy atom. The lowest BCUT2D eigenvalue weighted by Crippen LogP contribution is -2.24. The molecule has 1 N–H and O–H groups in total. The smallest absolute Gasteiger partial charge is 0.255 e. The highest BCUT2D eigenvalue weighted by molar-refractivity contribution is 7.11. The van der Waals surface area contributed by atoms with Crippen LogP contribution in [0.4, 0.5) is 5.95 Å². The first-order valence-electron chi connectivity index (χ1n) is 8.11. The summed E-state index contributed by atoms with van der Waals surface area (Å²) in [5.74, 6) is 0.312. The number of hydrogen-bond acceptors (Lipinski definition) is 7. The zero-order chi connectivity index (χ0) is 18.7. The average molecular weight is 368 g/mol. The van der Waals surface area contributed by atoms with Crippen LogP contribution in [0, 0.1) is 13.8 Å². The SMILES string of the molecule is Cc1nc(CNC(=O)c2cnc(N(C)C)nc2-c2ccncc2)sc1C. The van der Waals surface area contributed by atoms with E-state index in [0.29, 0.717) is 23.8 Å². The van der Waals surface area contributed by atoms with Crippen molar-refractivity contribution in [3.63, 3.8) is 0 Å². The molecule has 0 radical (unpaired) electrons. The lowest BCUT2D eigenvalue weighted by Gasteiger charge is -2.14. The fourth-order valence-corrected chi connectivity index (χ4v) is 3.22. The number of rotatable bonds is 5. The summed E-state index contributed by atoms with van der Waals surface area (Å²) in [6.45, 7) is 4.36. The molecule has 0 aliphatic rings. The number of hydrogen-bond donors (Lipinski definition) is 1. The molecule has 3 heterocycles. The zero-order valence-electron chi connectivity index (χ0n) is 15.1. The van der Waals surface area contributed by atoms with Gasteiger partial charge in [0.2, 0.25) is 5.95 Å². The second kappa shape index (κ2) is 7.57. The molecular formula is C18H20N6OS. The number of carbonyl (C=O) groups excluding carboxylic acids is 1. The van der Waals surface area contributed by atoms with Crippen LogP contribution in [-0.4, -0.2) is 39.9 Å². The van der Waals surface area contributed by atoms with Gasteiger partial charge >= 0.3 is 0 Å². The molecule has 26 heavy (non-hydrogen) atoms. The first kappa shape index (κ1) is 17.9. The van der Waals surface area contributed by atoms with E-state index in [1.54, 1.807) is 34.8 Å². The fraction of sp³-hybridized carbons (Fsp3) is 0.278. The molecule has 0 saturated carbocycles. The molecule has 7 nitrogen and oxygen atoms in total. The largest absolute Gasteiger partial charge is 0.347 e. The van der Waals surface area contributed by atoms with E-state index in [2.05, 4.69) is 25.3 Å². The molecule has 1 amide bonds. The Balaban J connectivity index is 1.89. The lowest BCUT2D eigenvalue weighted by atomic mass is 10.1. The molecule has 0 aliphatic carbocycles. The number of aryl methyl sites for hydroxylation is 2. The average Bonchev–Trinajstić information content (AvgIpc) is 2.97. The Hall–Kier alpha value is -2.87. The molecule has 8 heteroatoms. The van der Waals surface area contributed by atoms with Crippen molar-refractivity contribution in [1.82, 2.24) is 25.3 Å². The minimum Gasteiger partial charge on any atom is -0.347 e. The quantitative estimate of drug-likeness (QED) is 0.745. The summed E-state index contributed by atoms with van der Waals surface area (Å²) >= 11 is 1.59. The normalized spacial score (nSPS) is 10.6. The number of nitrogens with zero attached hydrogens (tertiary/aromatic N) is 5. The molecule has 0 fully saturated rings. The number of amides is 1. The van der Waals surface area contributed by atoms with Crippen molar-refractivity contribution < 1.29 is 4.79 Å². The van der Waals surface area contributed by atoms with E-state index in [1.807, 2.05) is 40.1 Å². The van der Waals surface area contributed by atoms with Gasteiger partial charge in [-0.1, -0.05) is 0 Å². The van der Waals surface area contributed by atoms with Crippen LogP contribution in [0.25, 0.3) is 11.3 Å². The van der Waals surface area contributed by atoms with Gasteiger partial charge in [-0.15, -0.1) is 11.3 Å². The van der Waals surface area contributed by atoms with Gasteiger partial charge in [0.1, 0.15) is 5.01 Å². The Kier molecular flexibility index (Phi) is 5.22. The summed E-state index contributed by atoms with van der Waals surface area (Å²) < 4.78 is 0. The van der Waals surface area contributed by atoms with Crippen LogP contribution in [0.5, 0.6) is 0 Å². The minimum atomic E-state index is -0.229. The third-order valence-electron chi connectivity index (χ3n) is 3.85. The molecule has 0 aromatic carbocycles. The van der Waals surface area contributed by atoms with E-state index >= 15 is 0 Å². The summed E-state index contributed by atoms with van der Waals surface area (Å²) in [6.07, 6.45) is 4.91. The second-order valence-corrected chi connectivity index (χ2v) is 7.28. The van der Waals surface area contributed by atoms with Crippen LogP contribution in [-0.2, 0) is 6.54 Å². The predicted molar refractivity (Wildman–Crippen MR) is 102 cm³/mol. The van der Waals surface area contributed by atoms with Gasteiger partial charge in [-0.2, -0.15) is 0 Å². The number of nitrogens with one attached hydrogen (secondary N) is 1. The van der Waals surface area contributed by atoms with Gasteiger partial charge in [0.05, 0.1) is 23.5 Å². The van der Waals surface area contributed by atoms with Gasteiger partial charge in [0.15, 0.2) is 0 Å². The summed E-state index contributed by atoms with van der Waals surface area (Å²) in [6, 6.07) is 3.65. The van der Waals surface area contributed by atoms with Crippen LogP contribution in [0.2, 0.25) is 0 Å². The maximum Gasteiger partial charge on any atom is 0.255 e. The lowest BCUT2D eigenvalue weighted by molar-refractivity contribution is 0.0951. The highest BCUT2D eigenvalue weighted by Gasteiger charge is 2.17. The molecule has 3 aromatic rings. The van der Waals surface area contributed by atoms with Crippen molar-refractivity contribution in [1.29, 1.82) is 0 Å². The van der Waals surface area contributed by atoms with Crippen LogP contribution in [0.15, 0.2) is 30.7 Å². The predicted octanol–water partition coefficient (Wildman–Crippen LogP) is 2.61. The van der Waals surface area contributed by atoms with Crippen LogP contribution in [0.3, 0.4) is 0 Å². The number of aromatic nitrogens is 4. The van der Waals surface area contributed by atoms with Gasteiger partial charge in [0, 0.05) is 43.1 Å². The number of anilines is 1. The van der Waals surface area contributed by atoms with Crippen molar-refractivity contribution in [2.45, 2.75) is 20.4 Å². The standard InChI is InChI=1S/C18H20N6OS/c1-11-12(2)26-15(22-11)10-20-17(25)14-9-21-18(24(3)4)23-16(14)13-5-7-19-8-6-13/h5-9H,10H2,1-4H3,(H,20,25). The maximum absolute atomic E-state index is 12.7. The van der Waals surface area contributed by atoms with Crippen molar-refractivity contribution >= 4 is 23.2 Å². The fourth-order valence-electron chi connectivity index (χ4n) is 2.35. The van der Waals surface area contributed by atoms with E-state index in [1.165, 1.54) is 0 Å². The molecule has 0 aliphatic heterocycles. The van der Waals surface area contributed by atoms with E-state index in [9.17, 15) is 4.79 Å². The van der Waals surface area contributed by atoms with Crippen molar-refractivity contribution in [2.24, 2.45) is 0 Å². The first-order valence-corrected chi connectivity index (χ1v) is 8.93. The molecule has 3 aromatic heterocycles. The molecule has 3 rings (SSSR count). The number of carbonyl (C=O) groups is 1. The van der Waals surface area contributed by atoms with Gasteiger partial charge in [0.25, 0.3) is 5.91 Å². The second-order valence-electron chi connectivity index (χ2n) is 5.99. The Bertz CT molecular complexity index is 903. The summed E-state index contributed by atoms with van der Waals surface area (Å²) in [4.78, 5) is 33.0. The van der Waals surface area contributed by atoms with Gasteiger partial charge < -0.3 is 10.2 Å². The highest BCUT2D eigenvalue weighted by Crippen LogP contribution is 2.23. The van der Waals surface area contributed by atoms with E-state index in [-0.39, 0.29) is 5.91 Å². The molecule has 0 spiro atoms. The third-order valence-corrected chi connectivity index (χ3v) is 4.92. The summed E-state index contributed by atoms with van der Waals surface area (Å²) in [5, 5.41) is 3.79.